The summed E-state index contributed by atoms with van der Waals surface area (Å²) in [6.07, 6.45) is 1.22. The lowest BCUT2D eigenvalue weighted by atomic mass is 10.2. The Morgan fingerprint density at radius 2 is 2.25 bits per heavy atom. The molecule has 2 aromatic rings. The quantitative estimate of drug-likeness (QED) is 0.891. The van der Waals surface area contributed by atoms with E-state index in [1.165, 1.54) is 24.4 Å². The number of nitrogens with zero attached hydrogens (tertiary/aromatic N) is 1. The van der Waals surface area contributed by atoms with Crippen LogP contribution >= 0.6 is 15.9 Å². The number of hydrogen-bond acceptors (Lipinski definition) is 2. The average molecular weight is 285 g/mol. The Morgan fingerprint density at radius 3 is 2.81 bits per heavy atom. The standard InChI is InChI=1S/C10H6BrFN2O2/c11-6-3-5(1-2-7(6)12)9-13-4-8(14-9)10(15)16/h1-4H,(H,13,14)(H,15,16). The molecule has 16 heavy (non-hydrogen) atoms. The molecule has 2 N–H and O–H groups in total. The van der Waals surface area contributed by atoms with E-state index in [0.717, 1.165) is 0 Å². The molecule has 2 rings (SSSR count). The lowest BCUT2D eigenvalue weighted by Gasteiger charge is -1.98. The molecule has 0 unspecified atom stereocenters. The van der Waals surface area contributed by atoms with E-state index in [4.69, 9.17) is 5.11 Å². The van der Waals surface area contributed by atoms with E-state index in [0.29, 0.717) is 15.9 Å². The van der Waals surface area contributed by atoms with E-state index in [-0.39, 0.29) is 11.5 Å². The monoisotopic (exact) mass is 284 g/mol. The van der Waals surface area contributed by atoms with Crippen LogP contribution in [0.5, 0.6) is 0 Å². The van der Waals surface area contributed by atoms with Gasteiger partial charge in [0, 0.05) is 5.56 Å². The highest BCUT2D eigenvalue weighted by Gasteiger charge is 2.09. The Morgan fingerprint density at radius 1 is 1.50 bits per heavy atom. The normalized spacial score (nSPS) is 10.4. The number of rotatable bonds is 2. The highest BCUT2D eigenvalue weighted by molar-refractivity contribution is 9.10. The van der Waals surface area contributed by atoms with Crippen LogP contribution < -0.4 is 0 Å². The third-order valence-corrected chi connectivity index (χ3v) is 2.61. The number of aromatic amines is 1. The van der Waals surface area contributed by atoms with Crippen LogP contribution in [0, 0.1) is 5.82 Å². The van der Waals surface area contributed by atoms with Crippen molar-refractivity contribution in [2.45, 2.75) is 0 Å². The zero-order valence-corrected chi connectivity index (χ0v) is 9.45. The number of halogens is 2. The van der Waals surface area contributed by atoms with Crippen LogP contribution in [-0.2, 0) is 0 Å². The van der Waals surface area contributed by atoms with Gasteiger partial charge in [0.25, 0.3) is 0 Å². The fraction of sp³-hybridized carbons (Fsp3) is 0. The molecule has 1 aromatic carbocycles. The molecule has 4 nitrogen and oxygen atoms in total. The van der Waals surface area contributed by atoms with Gasteiger partial charge in [0.2, 0.25) is 0 Å². The Hall–Kier alpha value is -1.69. The first-order valence-corrected chi connectivity index (χ1v) is 5.11. The smallest absolute Gasteiger partial charge is 0.353 e. The van der Waals surface area contributed by atoms with Gasteiger partial charge in [-0.2, -0.15) is 0 Å². The second-order valence-corrected chi connectivity index (χ2v) is 3.93. The number of aromatic carboxylic acids is 1. The maximum absolute atomic E-state index is 13.0. The van der Waals surface area contributed by atoms with Crippen molar-refractivity contribution in [3.05, 3.63) is 40.4 Å². The summed E-state index contributed by atoms with van der Waals surface area (Å²) in [6.45, 7) is 0. The molecule has 0 saturated carbocycles. The third kappa shape index (κ3) is 1.96. The Kier molecular flexibility index (Phi) is 2.74. The number of aromatic nitrogens is 2. The first-order valence-electron chi connectivity index (χ1n) is 4.31. The number of carboxylic acid groups (broad SMARTS) is 1. The summed E-state index contributed by atoms with van der Waals surface area (Å²) in [6, 6.07) is 4.33. The van der Waals surface area contributed by atoms with Crippen molar-refractivity contribution >= 4 is 21.9 Å². The molecule has 0 amide bonds. The van der Waals surface area contributed by atoms with Crippen LogP contribution in [0.3, 0.4) is 0 Å². The van der Waals surface area contributed by atoms with Gasteiger partial charge in [0.1, 0.15) is 17.3 Å². The van der Waals surface area contributed by atoms with Crippen molar-refractivity contribution in [1.29, 1.82) is 0 Å². The van der Waals surface area contributed by atoms with E-state index in [9.17, 15) is 9.18 Å². The minimum Gasteiger partial charge on any atom is -0.477 e. The first kappa shape index (κ1) is 10.8. The SMILES string of the molecule is O=C(O)c1cnc(-c2ccc(F)c(Br)c2)[nH]1. The molecular weight excluding hydrogens is 279 g/mol. The van der Waals surface area contributed by atoms with Crippen molar-refractivity contribution in [2.24, 2.45) is 0 Å². The Labute approximate surface area is 98.3 Å². The number of hydrogen-bond donors (Lipinski definition) is 2. The first-order chi connectivity index (χ1) is 7.58. The van der Waals surface area contributed by atoms with Gasteiger partial charge in [0.15, 0.2) is 0 Å². The van der Waals surface area contributed by atoms with Crippen LogP contribution in [0.2, 0.25) is 0 Å². The topological polar surface area (TPSA) is 66.0 Å². The highest BCUT2D eigenvalue weighted by atomic mass is 79.9. The predicted molar refractivity (Wildman–Crippen MR) is 58.6 cm³/mol. The summed E-state index contributed by atoms with van der Waals surface area (Å²) in [7, 11) is 0. The molecule has 1 aromatic heterocycles. The number of benzene rings is 1. The van der Waals surface area contributed by atoms with Gasteiger partial charge in [-0.3, -0.25) is 0 Å². The van der Waals surface area contributed by atoms with Gasteiger partial charge in [-0.1, -0.05) is 0 Å². The number of nitrogens with one attached hydrogen (secondary N) is 1. The van der Waals surface area contributed by atoms with E-state index < -0.39 is 5.97 Å². The summed E-state index contributed by atoms with van der Waals surface area (Å²) >= 11 is 3.05. The summed E-state index contributed by atoms with van der Waals surface area (Å²) in [5.74, 6) is -1.08. The lowest BCUT2D eigenvalue weighted by molar-refractivity contribution is 0.0691. The van der Waals surface area contributed by atoms with E-state index in [1.54, 1.807) is 0 Å². The molecule has 0 atom stereocenters. The second kappa shape index (κ2) is 4.05. The van der Waals surface area contributed by atoms with E-state index in [2.05, 4.69) is 25.9 Å². The highest BCUT2D eigenvalue weighted by Crippen LogP contribution is 2.23. The Balaban J connectivity index is 2.42. The molecule has 6 heteroatoms. The number of carboxylic acids is 1. The molecule has 82 valence electrons. The van der Waals surface area contributed by atoms with Gasteiger partial charge in [-0.15, -0.1) is 0 Å². The van der Waals surface area contributed by atoms with Crippen LogP contribution in [0.15, 0.2) is 28.9 Å². The van der Waals surface area contributed by atoms with Crippen LogP contribution in [0.25, 0.3) is 11.4 Å². The van der Waals surface area contributed by atoms with Gasteiger partial charge in [-0.25, -0.2) is 14.2 Å². The maximum Gasteiger partial charge on any atom is 0.353 e. The van der Waals surface area contributed by atoms with Crippen molar-refractivity contribution in [1.82, 2.24) is 9.97 Å². The van der Waals surface area contributed by atoms with Crippen LogP contribution in [0.4, 0.5) is 4.39 Å². The predicted octanol–water partition coefficient (Wildman–Crippen LogP) is 2.68. The fourth-order valence-electron chi connectivity index (χ4n) is 1.22. The maximum atomic E-state index is 13.0. The molecule has 0 aliphatic rings. The largest absolute Gasteiger partial charge is 0.477 e. The average Bonchev–Trinajstić information content (AvgIpc) is 2.71. The summed E-state index contributed by atoms with van der Waals surface area (Å²) in [5.41, 5.74) is 0.608. The summed E-state index contributed by atoms with van der Waals surface area (Å²) < 4.78 is 13.3. The molecule has 0 spiro atoms. The zero-order chi connectivity index (χ0) is 11.7. The molecule has 1 heterocycles. The van der Waals surface area contributed by atoms with Crippen molar-refractivity contribution in [3.63, 3.8) is 0 Å². The molecular formula is C10H6BrFN2O2. The molecule has 0 aliphatic heterocycles. The fourth-order valence-corrected chi connectivity index (χ4v) is 1.60. The lowest BCUT2D eigenvalue weighted by Crippen LogP contribution is -1.95. The van der Waals surface area contributed by atoms with Crippen molar-refractivity contribution < 1.29 is 14.3 Å². The third-order valence-electron chi connectivity index (χ3n) is 2.00. The number of imidazole rings is 1. The van der Waals surface area contributed by atoms with E-state index in [1.807, 2.05) is 0 Å². The molecule has 0 radical (unpaired) electrons. The van der Waals surface area contributed by atoms with Gasteiger partial charge < -0.3 is 10.1 Å². The minimum absolute atomic E-state index is 0.00422. The summed E-state index contributed by atoms with van der Waals surface area (Å²) in [4.78, 5) is 17.1. The molecule has 0 bridgehead atoms. The zero-order valence-electron chi connectivity index (χ0n) is 7.87. The number of H-pyrrole nitrogens is 1. The Bertz CT molecular complexity index is 554. The van der Waals surface area contributed by atoms with Crippen LogP contribution in [-0.4, -0.2) is 21.0 Å². The molecule has 0 aliphatic carbocycles. The number of carbonyl (C=O) groups is 1. The van der Waals surface area contributed by atoms with Gasteiger partial charge in [-0.05, 0) is 34.1 Å². The van der Waals surface area contributed by atoms with Crippen molar-refractivity contribution in [2.75, 3.05) is 0 Å². The molecule has 0 fully saturated rings. The summed E-state index contributed by atoms with van der Waals surface area (Å²) in [5, 5.41) is 8.70. The van der Waals surface area contributed by atoms with E-state index >= 15 is 0 Å². The van der Waals surface area contributed by atoms with Crippen LogP contribution in [0.1, 0.15) is 10.5 Å². The van der Waals surface area contributed by atoms with Gasteiger partial charge in [0.05, 0.1) is 10.7 Å². The minimum atomic E-state index is -1.08. The second-order valence-electron chi connectivity index (χ2n) is 3.08. The van der Waals surface area contributed by atoms with Gasteiger partial charge >= 0.3 is 5.97 Å². The molecule has 0 saturated heterocycles. The van der Waals surface area contributed by atoms with Crippen molar-refractivity contribution in [3.8, 4) is 11.4 Å².